The number of rotatable bonds is 4. The lowest BCUT2D eigenvalue weighted by Crippen LogP contribution is -2.32. The highest BCUT2D eigenvalue weighted by atomic mass is 32.2. The Morgan fingerprint density at radius 1 is 1.50 bits per heavy atom. The number of H-pyrrole nitrogens is 1. The van der Waals surface area contributed by atoms with E-state index in [1.165, 1.54) is 6.33 Å². The zero-order chi connectivity index (χ0) is 15.9. The summed E-state index contributed by atoms with van der Waals surface area (Å²) in [6, 6.07) is 0. The number of nitrogen functional groups attached to an aromatic ring is 1. The molecule has 1 saturated heterocycles. The lowest BCUT2D eigenvalue weighted by atomic mass is 10.1. The van der Waals surface area contributed by atoms with Crippen LogP contribution in [0.3, 0.4) is 0 Å². The third-order valence-electron chi connectivity index (χ3n) is 3.56. The smallest absolute Gasteiger partial charge is 0.200 e. The second kappa shape index (κ2) is 6.13. The fourth-order valence-electron chi connectivity index (χ4n) is 2.48. The van der Waals surface area contributed by atoms with E-state index in [0.29, 0.717) is 16.9 Å². The van der Waals surface area contributed by atoms with Crippen LogP contribution in [0.1, 0.15) is 13.2 Å². The Morgan fingerprint density at radius 3 is 3.00 bits per heavy atom. The van der Waals surface area contributed by atoms with E-state index in [0.717, 1.165) is 5.75 Å². The molecule has 3 heterocycles. The number of ether oxygens (including phenoxy) is 1. The molecule has 8 nitrogen and oxygen atoms in total. The number of aliphatic hydroxyl groups is 2. The predicted octanol–water partition coefficient (Wildman–Crippen LogP) is 0.443. The summed E-state index contributed by atoms with van der Waals surface area (Å²) in [6.07, 6.45) is -1.71. The van der Waals surface area contributed by atoms with E-state index in [-0.39, 0.29) is 10.6 Å². The van der Waals surface area contributed by atoms with Crippen molar-refractivity contribution in [3.63, 3.8) is 0 Å². The van der Waals surface area contributed by atoms with E-state index >= 15 is 0 Å². The normalized spacial score (nSPS) is 28.5. The third kappa shape index (κ3) is 2.61. The molecule has 0 saturated carbocycles. The number of nitrogens with one attached hydrogen (secondary N) is 1. The van der Waals surface area contributed by atoms with Gasteiger partial charge in [-0.3, -0.25) is 4.57 Å². The minimum absolute atomic E-state index is 0.158. The van der Waals surface area contributed by atoms with Crippen LogP contribution in [0.25, 0.3) is 11.2 Å². The summed E-state index contributed by atoms with van der Waals surface area (Å²) in [5.41, 5.74) is 6.66. The van der Waals surface area contributed by atoms with Crippen molar-refractivity contribution in [2.75, 3.05) is 17.2 Å². The fourth-order valence-corrected chi connectivity index (χ4v) is 3.47. The van der Waals surface area contributed by atoms with E-state index < -0.39 is 24.5 Å². The van der Waals surface area contributed by atoms with Crippen molar-refractivity contribution >= 4 is 41.1 Å². The minimum Gasteiger partial charge on any atom is -0.387 e. The second-order valence-corrected chi connectivity index (χ2v) is 6.69. The molecule has 2 aromatic heterocycles. The third-order valence-corrected chi connectivity index (χ3v) is 4.82. The first kappa shape index (κ1) is 15.7. The molecule has 120 valence electrons. The molecule has 1 aliphatic heterocycles. The van der Waals surface area contributed by atoms with Gasteiger partial charge in [0.2, 0.25) is 0 Å². The lowest BCUT2D eigenvalue weighted by Gasteiger charge is -2.16. The van der Waals surface area contributed by atoms with Gasteiger partial charge in [-0.25, -0.2) is 9.97 Å². The molecule has 3 rings (SSSR count). The number of fused-ring (bicyclic) bond motifs is 1. The Bertz CT molecular complexity index is 733. The molecule has 0 aliphatic carbocycles. The molecule has 0 aromatic carbocycles. The molecule has 2 aromatic rings. The van der Waals surface area contributed by atoms with Gasteiger partial charge in [0.05, 0.1) is 12.4 Å². The highest BCUT2D eigenvalue weighted by Gasteiger charge is 2.43. The largest absolute Gasteiger partial charge is 0.387 e. The van der Waals surface area contributed by atoms with Gasteiger partial charge in [-0.15, -0.1) is 0 Å². The van der Waals surface area contributed by atoms with Crippen molar-refractivity contribution in [2.24, 2.45) is 0 Å². The van der Waals surface area contributed by atoms with Crippen LogP contribution < -0.4 is 5.73 Å². The lowest BCUT2D eigenvalue weighted by molar-refractivity contribution is -0.0288. The van der Waals surface area contributed by atoms with Gasteiger partial charge in [-0.1, -0.05) is 19.1 Å². The maximum Gasteiger partial charge on any atom is 0.200 e. The highest BCUT2D eigenvalue weighted by molar-refractivity contribution is 7.99. The maximum atomic E-state index is 10.3. The maximum absolute atomic E-state index is 10.3. The summed E-state index contributed by atoms with van der Waals surface area (Å²) in [7, 11) is 0. The van der Waals surface area contributed by atoms with Crippen LogP contribution in [-0.4, -0.2) is 59.5 Å². The van der Waals surface area contributed by atoms with Crippen molar-refractivity contribution in [3.05, 3.63) is 11.0 Å². The Morgan fingerprint density at radius 2 is 2.27 bits per heavy atom. The van der Waals surface area contributed by atoms with Crippen molar-refractivity contribution in [2.45, 2.75) is 31.5 Å². The average molecular weight is 343 g/mol. The van der Waals surface area contributed by atoms with Crippen molar-refractivity contribution < 1.29 is 14.9 Å². The molecule has 0 unspecified atom stereocenters. The molecule has 5 N–H and O–H groups in total. The van der Waals surface area contributed by atoms with Crippen LogP contribution in [0.4, 0.5) is 5.95 Å². The quantitative estimate of drug-likeness (QED) is 0.590. The molecule has 10 heteroatoms. The molecular formula is C12H17N5O3S2. The standard InChI is InChI=1S/C12H17N5O3S2/c1-2-22-3-5-7(18)8(19)11(20-5)17-4-14-6-9(17)15-12(13)16-10(6)21/h4-5,7-8,11,18-19H,2-3H2,1H3,(H3,13,15,16,21)/t5-,7-,8-,11+/m0/s1. The van der Waals surface area contributed by atoms with Crippen LogP contribution in [-0.2, 0) is 4.74 Å². The Kier molecular flexibility index (Phi) is 4.37. The van der Waals surface area contributed by atoms with Gasteiger partial charge >= 0.3 is 0 Å². The number of aromatic amines is 1. The molecule has 1 fully saturated rings. The molecule has 1 aliphatic rings. The topological polar surface area (TPSA) is 122 Å². The van der Waals surface area contributed by atoms with Gasteiger partial charge in [0.15, 0.2) is 16.8 Å². The van der Waals surface area contributed by atoms with Crippen molar-refractivity contribution in [1.29, 1.82) is 0 Å². The SMILES string of the molecule is CCSC[C@@H]1O[C@@H](n2cnc3c(=S)nc(N)[nH]c32)[C@@H](O)[C@H]1O. The van der Waals surface area contributed by atoms with Gasteiger partial charge in [0.25, 0.3) is 0 Å². The Hall–Kier alpha value is -1.20. The first-order chi connectivity index (χ1) is 10.5. The number of anilines is 1. The summed E-state index contributed by atoms with van der Waals surface area (Å²) >= 11 is 6.76. The number of thioether (sulfide) groups is 1. The van der Waals surface area contributed by atoms with Crippen LogP contribution in [0.2, 0.25) is 0 Å². The van der Waals surface area contributed by atoms with E-state index in [2.05, 4.69) is 15.0 Å². The fraction of sp³-hybridized carbons (Fsp3) is 0.583. The van der Waals surface area contributed by atoms with Crippen LogP contribution >= 0.6 is 24.0 Å². The molecule has 0 amide bonds. The first-order valence-electron chi connectivity index (χ1n) is 6.84. The Balaban J connectivity index is 1.96. The zero-order valence-corrected chi connectivity index (χ0v) is 13.5. The van der Waals surface area contributed by atoms with Crippen molar-refractivity contribution in [1.82, 2.24) is 19.5 Å². The van der Waals surface area contributed by atoms with Crippen molar-refractivity contribution in [3.8, 4) is 0 Å². The number of hydrogen-bond donors (Lipinski definition) is 4. The van der Waals surface area contributed by atoms with Gasteiger partial charge in [0, 0.05) is 5.75 Å². The number of aliphatic hydroxyl groups excluding tert-OH is 2. The summed E-state index contributed by atoms with van der Waals surface area (Å²) in [5, 5.41) is 20.4. The summed E-state index contributed by atoms with van der Waals surface area (Å²) in [6.45, 7) is 2.03. The highest BCUT2D eigenvalue weighted by Crippen LogP contribution is 2.32. The first-order valence-corrected chi connectivity index (χ1v) is 8.41. The van der Waals surface area contributed by atoms with Gasteiger partial charge in [0.1, 0.15) is 23.4 Å². The van der Waals surface area contributed by atoms with E-state index in [1.54, 1.807) is 16.3 Å². The van der Waals surface area contributed by atoms with Crippen LogP contribution in [0, 0.1) is 4.64 Å². The molecular weight excluding hydrogens is 326 g/mol. The number of hydrogen-bond acceptors (Lipinski definition) is 8. The number of nitrogens with zero attached hydrogens (tertiary/aromatic N) is 3. The number of nitrogens with two attached hydrogens (primary N) is 1. The molecule has 0 spiro atoms. The second-order valence-electron chi connectivity index (χ2n) is 4.98. The van der Waals surface area contributed by atoms with E-state index in [4.69, 9.17) is 22.7 Å². The monoisotopic (exact) mass is 343 g/mol. The van der Waals surface area contributed by atoms with Gasteiger partial charge in [-0.05, 0) is 5.75 Å². The minimum atomic E-state index is -1.06. The summed E-state index contributed by atoms with van der Waals surface area (Å²) < 4.78 is 7.67. The molecule has 22 heavy (non-hydrogen) atoms. The van der Waals surface area contributed by atoms with Crippen LogP contribution in [0.15, 0.2) is 6.33 Å². The number of imidazole rings is 1. The average Bonchev–Trinajstić information content (AvgIpc) is 3.00. The summed E-state index contributed by atoms with van der Waals surface area (Å²) in [4.78, 5) is 11.0. The number of aromatic nitrogens is 4. The van der Waals surface area contributed by atoms with E-state index in [1.807, 2.05) is 6.92 Å². The Labute approximate surface area is 135 Å². The summed E-state index contributed by atoms with van der Waals surface area (Å²) in [5.74, 6) is 1.68. The van der Waals surface area contributed by atoms with Gasteiger partial charge < -0.3 is 25.7 Å². The molecule has 0 radical (unpaired) electrons. The molecule has 4 atom stereocenters. The van der Waals surface area contributed by atoms with Crippen LogP contribution in [0.5, 0.6) is 0 Å². The predicted molar refractivity (Wildman–Crippen MR) is 86.0 cm³/mol. The molecule has 0 bridgehead atoms. The van der Waals surface area contributed by atoms with Gasteiger partial charge in [-0.2, -0.15) is 11.8 Å². The van der Waals surface area contributed by atoms with E-state index in [9.17, 15) is 10.2 Å². The zero-order valence-electron chi connectivity index (χ0n) is 11.8.